The summed E-state index contributed by atoms with van der Waals surface area (Å²) in [5.41, 5.74) is 6.12. The van der Waals surface area contributed by atoms with E-state index in [0.29, 0.717) is 47.7 Å². The minimum Gasteiger partial charge on any atom is -0.349 e. The molecule has 6 heterocycles. The van der Waals surface area contributed by atoms with Gasteiger partial charge in [0, 0.05) is 74.8 Å². The number of aromatic nitrogens is 4. The van der Waals surface area contributed by atoms with Gasteiger partial charge >= 0.3 is 0 Å². The third-order valence-corrected chi connectivity index (χ3v) is 18.3. The van der Waals surface area contributed by atoms with Crippen molar-refractivity contribution in [2.75, 3.05) is 19.3 Å². The van der Waals surface area contributed by atoms with Crippen LogP contribution in [0.3, 0.4) is 0 Å². The van der Waals surface area contributed by atoms with Crippen molar-refractivity contribution >= 4 is 66.1 Å². The average Bonchev–Trinajstić information content (AvgIpc) is 3.87. The summed E-state index contributed by atoms with van der Waals surface area (Å²) in [6, 6.07) is 15.8. The molecule has 64 heavy (non-hydrogen) atoms. The van der Waals surface area contributed by atoms with Gasteiger partial charge < -0.3 is 16.0 Å². The predicted octanol–water partition coefficient (Wildman–Crippen LogP) is 5.85. The van der Waals surface area contributed by atoms with Crippen molar-refractivity contribution in [3.05, 3.63) is 123 Å². The Morgan fingerprint density at radius 2 is 1.16 bits per heavy atom. The number of sulfonamides is 1. The first kappa shape index (κ1) is 41.6. The summed E-state index contributed by atoms with van der Waals surface area (Å²) in [4.78, 5) is 52.1. The first-order chi connectivity index (χ1) is 30.8. The summed E-state index contributed by atoms with van der Waals surface area (Å²) in [7, 11) is -3.22. The van der Waals surface area contributed by atoms with Crippen molar-refractivity contribution in [2.24, 2.45) is 10.8 Å². The van der Waals surface area contributed by atoms with Crippen LogP contribution in [0.1, 0.15) is 116 Å². The molecule has 0 unspecified atom stereocenters. The zero-order chi connectivity index (χ0) is 44.0. The van der Waals surface area contributed by atoms with E-state index in [1.54, 1.807) is 11.3 Å². The number of hydrogen-bond donors (Lipinski definition) is 5. The molecule has 0 atom stereocenters. The minimum atomic E-state index is -3.22. The van der Waals surface area contributed by atoms with Gasteiger partial charge in [-0.15, -0.1) is 22.7 Å². The summed E-state index contributed by atoms with van der Waals surface area (Å²) >= 11 is 3.16. The molecule has 2 spiro atoms. The van der Waals surface area contributed by atoms with Crippen molar-refractivity contribution < 1.29 is 18.0 Å². The lowest BCUT2D eigenvalue weighted by Crippen LogP contribution is -2.55. The summed E-state index contributed by atoms with van der Waals surface area (Å²) in [6.45, 7) is 2.61. The normalized spacial score (nSPS) is 27.0. The molecule has 0 bridgehead atoms. The van der Waals surface area contributed by atoms with Gasteiger partial charge in [0.2, 0.25) is 10.0 Å². The van der Waals surface area contributed by atoms with Crippen LogP contribution in [0.4, 0.5) is 0 Å². The van der Waals surface area contributed by atoms with Crippen LogP contribution >= 0.6 is 22.7 Å². The summed E-state index contributed by atoms with van der Waals surface area (Å²) < 4.78 is 25.2. The summed E-state index contributed by atoms with van der Waals surface area (Å²) in [5.74, 6) is 0.771. The molecule has 2 amide bonds. The number of fused-ring (bicyclic) bond motifs is 4. The molecule has 332 valence electrons. The van der Waals surface area contributed by atoms with E-state index < -0.39 is 10.0 Å². The van der Waals surface area contributed by atoms with Crippen LogP contribution < -0.4 is 27.1 Å². The Morgan fingerprint density at radius 3 is 1.66 bits per heavy atom. The number of rotatable bonds is 7. The second-order valence-electron chi connectivity index (χ2n) is 19.2. The summed E-state index contributed by atoms with van der Waals surface area (Å²) in [6.07, 6.45) is 11.0. The Hall–Kier alpha value is -5.07. The third-order valence-electron chi connectivity index (χ3n) is 15.0. The molecule has 4 aliphatic carbocycles. The van der Waals surface area contributed by atoms with Gasteiger partial charge in [0.15, 0.2) is 0 Å². The standard InChI is InChI=1S/C24H26N4O4S2.C23H24N4O2S/c1-34(31,32)28-7-6-16-19(13-33-20(16)12-28)22(29)25-15-10-24(11-15)8-14(9-24)21-17-4-2-3-5-18(17)23(30)27-26-21;28-21(18-12-30-19-11-24-6-5-15(18)19)25-14-9-23(10-14)7-13(8-23)20-16-3-1-2-4-17(16)22(29)27-26-20/h2-5,13-15H,6-12H2,1H3,(H,25,29)(H,27,30);1-4,12-14,24H,5-11H2,(H,25,28)(H,27,29). The highest BCUT2D eigenvalue weighted by Gasteiger charge is 2.55. The molecular weight excluding hydrogens is 869 g/mol. The number of nitrogens with one attached hydrogen (secondary N) is 5. The molecule has 6 aromatic rings. The van der Waals surface area contributed by atoms with Gasteiger partial charge in [-0.25, -0.2) is 18.6 Å². The van der Waals surface area contributed by atoms with Gasteiger partial charge in [-0.05, 0) is 105 Å². The van der Waals surface area contributed by atoms with Gasteiger partial charge in [-0.3, -0.25) is 19.2 Å². The van der Waals surface area contributed by atoms with Crippen LogP contribution in [-0.4, -0.2) is 76.4 Å². The largest absolute Gasteiger partial charge is 0.349 e. The smallest absolute Gasteiger partial charge is 0.272 e. The molecule has 17 heteroatoms. The number of H-pyrrole nitrogens is 2. The quantitative estimate of drug-likeness (QED) is 0.131. The van der Waals surface area contributed by atoms with Crippen LogP contribution in [0.25, 0.3) is 21.5 Å². The number of aromatic amines is 2. The van der Waals surface area contributed by atoms with Gasteiger partial charge in [-0.2, -0.15) is 14.5 Å². The van der Waals surface area contributed by atoms with Crippen molar-refractivity contribution in [1.82, 2.24) is 40.7 Å². The van der Waals surface area contributed by atoms with Gasteiger partial charge in [-0.1, -0.05) is 36.4 Å². The monoisotopic (exact) mass is 918 g/mol. The number of hydrogen-bond acceptors (Lipinski definition) is 11. The number of benzene rings is 2. The highest BCUT2D eigenvalue weighted by molar-refractivity contribution is 7.88. The molecule has 5 N–H and O–H groups in total. The van der Waals surface area contributed by atoms with E-state index in [0.717, 1.165) is 114 Å². The molecule has 0 saturated heterocycles. The molecule has 2 aromatic carbocycles. The molecule has 12 rings (SSSR count). The van der Waals surface area contributed by atoms with E-state index in [4.69, 9.17) is 0 Å². The van der Waals surface area contributed by atoms with Crippen molar-refractivity contribution in [2.45, 2.75) is 101 Å². The van der Waals surface area contributed by atoms with Crippen LogP contribution in [-0.2, 0) is 36.0 Å². The highest BCUT2D eigenvalue weighted by atomic mass is 32.2. The fraction of sp³-hybridized carbons (Fsp3) is 0.447. The first-order valence-electron chi connectivity index (χ1n) is 22.2. The zero-order valence-corrected chi connectivity index (χ0v) is 37.9. The second-order valence-corrected chi connectivity index (χ2v) is 23.1. The average molecular weight is 919 g/mol. The third kappa shape index (κ3) is 7.42. The Morgan fingerprint density at radius 1 is 0.688 bits per heavy atom. The van der Waals surface area contributed by atoms with Crippen molar-refractivity contribution in [3.8, 4) is 0 Å². The van der Waals surface area contributed by atoms with Gasteiger partial charge in [0.1, 0.15) is 0 Å². The molecule has 2 aliphatic heterocycles. The van der Waals surface area contributed by atoms with E-state index in [1.807, 2.05) is 59.3 Å². The predicted molar refractivity (Wildman–Crippen MR) is 248 cm³/mol. The number of amides is 2. The number of nitrogens with zero attached hydrogens (tertiary/aromatic N) is 3. The number of carbonyl (C=O) groups is 2. The van der Waals surface area contributed by atoms with Crippen LogP contribution in [0.5, 0.6) is 0 Å². The highest BCUT2D eigenvalue weighted by Crippen LogP contribution is 2.63. The fourth-order valence-electron chi connectivity index (χ4n) is 11.8. The van der Waals surface area contributed by atoms with E-state index in [2.05, 4.69) is 36.3 Å². The minimum absolute atomic E-state index is 0.0469. The lowest BCUT2D eigenvalue weighted by atomic mass is 9.49. The molecule has 6 aliphatic rings. The summed E-state index contributed by atoms with van der Waals surface area (Å²) in [5, 5.41) is 31.1. The number of carbonyl (C=O) groups excluding carboxylic acids is 2. The Balaban J connectivity index is 0.000000144. The Bertz CT molecular complexity index is 3070. The van der Waals surface area contributed by atoms with E-state index in [-0.39, 0.29) is 40.4 Å². The lowest BCUT2D eigenvalue weighted by Gasteiger charge is -2.57. The lowest BCUT2D eigenvalue weighted by molar-refractivity contribution is -0.0199. The molecule has 4 aromatic heterocycles. The molecule has 0 radical (unpaired) electrons. The maximum absolute atomic E-state index is 13.0. The first-order valence-corrected chi connectivity index (χ1v) is 25.9. The van der Waals surface area contributed by atoms with Crippen LogP contribution in [0.2, 0.25) is 0 Å². The topological polar surface area (TPSA) is 199 Å². The maximum atomic E-state index is 13.0. The fourth-order valence-corrected chi connectivity index (χ4v) is 14.9. The van der Waals surface area contributed by atoms with E-state index in [9.17, 15) is 27.6 Å². The molecule has 14 nitrogen and oxygen atoms in total. The second kappa shape index (κ2) is 15.8. The van der Waals surface area contributed by atoms with E-state index in [1.165, 1.54) is 32.3 Å². The SMILES string of the molecule is CS(=O)(=O)N1CCc2c(C(=O)NC3CC4(C3)CC(c3n[nH]c(=O)c5ccccc35)C4)csc2C1.O=C(NC1CC2(C1)CC(c1n[nH]c(=O)c3ccccc13)C2)c1csc2c1CCNC2. The molecule has 4 fully saturated rings. The Kier molecular flexibility index (Phi) is 10.3. The van der Waals surface area contributed by atoms with Crippen LogP contribution in [0.15, 0.2) is 68.9 Å². The van der Waals surface area contributed by atoms with Gasteiger partial charge in [0.25, 0.3) is 22.9 Å². The zero-order valence-electron chi connectivity index (χ0n) is 35.5. The Labute approximate surface area is 377 Å². The van der Waals surface area contributed by atoms with Crippen molar-refractivity contribution in [1.29, 1.82) is 0 Å². The molecular formula is C47H50N8O6S3. The van der Waals surface area contributed by atoms with Gasteiger partial charge in [0.05, 0.1) is 39.5 Å². The van der Waals surface area contributed by atoms with Crippen LogP contribution in [0, 0.1) is 10.8 Å². The van der Waals surface area contributed by atoms with E-state index >= 15 is 0 Å². The molecule has 4 saturated carbocycles. The maximum Gasteiger partial charge on any atom is 0.272 e. The number of thiophene rings is 2. The van der Waals surface area contributed by atoms with Crippen molar-refractivity contribution in [3.63, 3.8) is 0 Å².